The van der Waals surface area contributed by atoms with Gasteiger partial charge >= 0.3 is 0 Å². The molecular formula is C9H14N4. The van der Waals surface area contributed by atoms with E-state index in [-0.39, 0.29) is 0 Å². The van der Waals surface area contributed by atoms with Crippen molar-refractivity contribution in [3.05, 3.63) is 11.3 Å². The molecule has 70 valence electrons. The van der Waals surface area contributed by atoms with Crippen molar-refractivity contribution < 1.29 is 0 Å². The van der Waals surface area contributed by atoms with Crippen molar-refractivity contribution >= 4 is 11.8 Å². The molecule has 1 heterocycles. The molecule has 13 heavy (non-hydrogen) atoms. The third-order valence-electron chi connectivity index (χ3n) is 2.61. The summed E-state index contributed by atoms with van der Waals surface area (Å²) in [6.07, 6.45) is 3.32. The van der Waals surface area contributed by atoms with Crippen molar-refractivity contribution in [2.24, 2.45) is 0 Å². The second-order valence-corrected chi connectivity index (χ2v) is 3.62. The van der Waals surface area contributed by atoms with E-state index in [0.717, 1.165) is 17.7 Å². The smallest absolute Gasteiger partial charge is 0.222 e. The summed E-state index contributed by atoms with van der Waals surface area (Å²) in [6.45, 7) is 2.16. The minimum absolute atomic E-state index is 0.297. The summed E-state index contributed by atoms with van der Waals surface area (Å²) in [5, 5.41) is 0. The number of fused-ring (bicyclic) bond motifs is 1. The first-order valence-electron chi connectivity index (χ1n) is 4.60. The van der Waals surface area contributed by atoms with Gasteiger partial charge in [0.15, 0.2) is 0 Å². The molecule has 0 amide bonds. The van der Waals surface area contributed by atoms with Crippen molar-refractivity contribution in [3.63, 3.8) is 0 Å². The fourth-order valence-corrected chi connectivity index (χ4v) is 2.00. The van der Waals surface area contributed by atoms with Crippen LogP contribution in [0.3, 0.4) is 0 Å². The molecule has 4 heteroatoms. The van der Waals surface area contributed by atoms with Crippen LogP contribution >= 0.6 is 0 Å². The van der Waals surface area contributed by atoms with Gasteiger partial charge in [0.25, 0.3) is 0 Å². The summed E-state index contributed by atoms with van der Waals surface area (Å²) < 4.78 is 0. The van der Waals surface area contributed by atoms with E-state index in [1.165, 1.54) is 12.8 Å². The van der Waals surface area contributed by atoms with E-state index in [4.69, 9.17) is 11.5 Å². The van der Waals surface area contributed by atoms with E-state index in [2.05, 4.69) is 16.9 Å². The van der Waals surface area contributed by atoms with Crippen LogP contribution in [0.4, 0.5) is 11.8 Å². The molecule has 0 spiro atoms. The Bertz CT molecular complexity index is 335. The topological polar surface area (TPSA) is 77.8 Å². The molecule has 4 N–H and O–H groups in total. The predicted molar refractivity (Wildman–Crippen MR) is 52.2 cm³/mol. The van der Waals surface area contributed by atoms with Crippen LogP contribution in [0, 0.1) is 0 Å². The Kier molecular flexibility index (Phi) is 1.83. The summed E-state index contributed by atoms with van der Waals surface area (Å²) >= 11 is 0. The summed E-state index contributed by atoms with van der Waals surface area (Å²) in [5.41, 5.74) is 13.5. The monoisotopic (exact) mass is 178 g/mol. The first-order chi connectivity index (χ1) is 6.18. The van der Waals surface area contributed by atoms with Gasteiger partial charge in [-0.2, -0.15) is 4.98 Å². The first kappa shape index (κ1) is 8.29. The summed E-state index contributed by atoms with van der Waals surface area (Å²) in [4.78, 5) is 8.19. The second kappa shape index (κ2) is 2.87. The number of nitrogen functional groups attached to an aromatic ring is 2. The molecule has 0 aliphatic heterocycles. The fourth-order valence-electron chi connectivity index (χ4n) is 2.00. The van der Waals surface area contributed by atoms with Crippen molar-refractivity contribution in [2.45, 2.75) is 32.1 Å². The van der Waals surface area contributed by atoms with Gasteiger partial charge in [-0.15, -0.1) is 0 Å². The molecule has 0 radical (unpaired) electrons. The van der Waals surface area contributed by atoms with Gasteiger partial charge in [0.2, 0.25) is 5.95 Å². The highest BCUT2D eigenvalue weighted by Crippen LogP contribution is 2.33. The highest BCUT2D eigenvalue weighted by atomic mass is 15.0. The van der Waals surface area contributed by atoms with Gasteiger partial charge in [0.1, 0.15) is 5.82 Å². The number of nitrogens with zero attached hydrogens (tertiary/aromatic N) is 2. The highest BCUT2D eigenvalue weighted by Gasteiger charge is 2.21. The van der Waals surface area contributed by atoms with Crippen LogP contribution in [0.1, 0.15) is 36.9 Å². The minimum atomic E-state index is 0.297. The molecule has 1 aromatic heterocycles. The molecule has 2 rings (SSSR count). The molecule has 1 aromatic rings. The lowest BCUT2D eigenvalue weighted by molar-refractivity contribution is 0.578. The lowest BCUT2D eigenvalue weighted by atomic mass is 9.87. The third-order valence-corrected chi connectivity index (χ3v) is 2.61. The quantitative estimate of drug-likeness (QED) is 0.623. The fraction of sp³-hybridized carbons (Fsp3) is 0.556. The van der Waals surface area contributed by atoms with Gasteiger partial charge in [0.05, 0.1) is 5.69 Å². The van der Waals surface area contributed by atoms with Crippen molar-refractivity contribution in [3.8, 4) is 0 Å². The number of anilines is 2. The standard InChI is InChI=1S/C9H14N4/c1-5-3-2-4-6-7(5)8(10)13-9(11)12-6/h5H,2-4H2,1H3,(H4,10,11,12,13). The SMILES string of the molecule is CC1CCCc2nc(N)nc(N)c21. The van der Waals surface area contributed by atoms with Crippen LogP contribution in [0.25, 0.3) is 0 Å². The number of rotatable bonds is 0. The van der Waals surface area contributed by atoms with Crippen LogP contribution in [0.15, 0.2) is 0 Å². The maximum absolute atomic E-state index is 5.80. The molecule has 0 bridgehead atoms. The van der Waals surface area contributed by atoms with Crippen LogP contribution in [-0.4, -0.2) is 9.97 Å². The van der Waals surface area contributed by atoms with Crippen molar-refractivity contribution in [1.82, 2.24) is 9.97 Å². The number of nitrogens with two attached hydrogens (primary N) is 2. The van der Waals surface area contributed by atoms with Crippen LogP contribution in [-0.2, 0) is 6.42 Å². The molecule has 0 saturated heterocycles. The molecular weight excluding hydrogens is 164 g/mol. The lowest BCUT2D eigenvalue weighted by Crippen LogP contribution is -2.15. The average Bonchev–Trinajstić information content (AvgIpc) is 2.02. The normalized spacial score (nSPS) is 21.2. The van der Waals surface area contributed by atoms with Gasteiger partial charge in [-0.3, -0.25) is 0 Å². The Hall–Kier alpha value is -1.32. The Labute approximate surface area is 77.4 Å². The zero-order valence-corrected chi connectivity index (χ0v) is 7.75. The maximum atomic E-state index is 5.80. The molecule has 1 unspecified atom stereocenters. The zero-order valence-electron chi connectivity index (χ0n) is 7.75. The van der Waals surface area contributed by atoms with E-state index in [0.29, 0.717) is 17.7 Å². The summed E-state index contributed by atoms with van der Waals surface area (Å²) in [7, 11) is 0. The van der Waals surface area contributed by atoms with Crippen LogP contribution in [0.2, 0.25) is 0 Å². The Morgan fingerprint density at radius 1 is 1.31 bits per heavy atom. The second-order valence-electron chi connectivity index (χ2n) is 3.62. The molecule has 1 atom stereocenters. The van der Waals surface area contributed by atoms with Gasteiger partial charge in [-0.25, -0.2) is 4.98 Å². The number of hydrogen-bond donors (Lipinski definition) is 2. The van der Waals surface area contributed by atoms with Crippen LogP contribution in [0.5, 0.6) is 0 Å². The van der Waals surface area contributed by atoms with Crippen LogP contribution < -0.4 is 11.5 Å². The summed E-state index contributed by atoms with van der Waals surface area (Å²) in [6, 6.07) is 0. The van der Waals surface area contributed by atoms with E-state index < -0.39 is 0 Å². The largest absolute Gasteiger partial charge is 0.383 e. The van der Waals surface area contributed by atoms with Gasteiger partial charge in [-0.05, 0) is 25.2 Å². The highest BCUT2D eigenvalue weighted by molar-refractivity contribution is 5.48. The van der Waals surface area contributed by atoms with Crippen molar-refractivity contribution in [2.75, 3.05) is 11.5 Å². The first-order valence-corrected chi connectivity index (χ1v) is 4.60. The van der Waals surface area contributed by atoms with E-state index in [1.54, 1.807) is 0 Å². The summed E-state index contributed by atoms with van der Waals surface area (Å²) in [5.74, 6) is 1.34. The number of aryl methyl sites for hydroxylation is 1. The van der Waals surface area contributed by atoms with Gasteiger partial charge < -0.3 is 11.5 Å². The lowest BCUT2D eigenvalue weighted by Gasteiger charge is -2.22. The number of aromatic nitrogens is 2. The average molecular weight is 178 g/mol. The van der Waals surface area contributed by atoms with Crippen molar-refractivity contribution in [1.29, 1.82) is 0 Å². The molecule has 1 aliphatic carbocycles. The Morgan fingerprint density at radius 2 is 2.08 bits per heavy atom. The molecule has 1 aliphatic rings. The molecule has 0 saturated carbocycles. The zero-order chi connectivity index (χ0) is 9.42. The maximum Gasteiger partial charge on any atom is 0.222 e. The van der Waals surface area contributed by atoms with E-state index in [1.807, 2.05) is 0 Å². The van der Waals surface area contributed by atoms with Gasteiger partial charge in [-0.1, -0.05) is 6.92 Å². The van der Waals surface area contributed by atoms with Gasteiger partial charge in [0, 0.05) is 5.56 Å². The Morgan fingerprint density at radius 3 is 2.85 bits per heavy atom. The molecule has 0 aromatic carbocycles. The van der Waals surface area contributed by atoms with E-state index >= 15 is 0 Å². The third kappa shape index (κ3) is 1.32. The predicted octanol–water partition coefficient (Wildman–Crippen LogP) is 1.08. The Balaban J connectivity index is 2.56. The number of hydrogen-bond acceptors (Lipinski definition) is 4. The minimum Gasteiger partial charge on any atom is -0.383 e. The molecule has 4 nitrogen and oxygen atoms in total. The van der Waals surface area contributed by atoms with E-state index in [9.17, 15) is 0 Å². The molecule has 0 fully saturated rings.